The standard InChI is InChI=1S/C20H29BrN2O5S/c1-5-7-23(19(2,3)4)17(26)15-20-10-11(21)14(29-20)12(18(27)28)13(20)16(25)22(15)8-6-9-24/h5,11-15,24H,1,6-10H2,2-4H3,(H,27,28)/t11?,12-,13+,14-,15?,20?/m1/s1. The van der Waals surface area contributed by atoms with Crippen molar-refractivity contribution in [2.24, 2.45) is 11.8 Å². The van der Waals surface area contributed by atoms with Crippen LogP contribution in [0.5, 0.6) is 0 Å². The van der Waals surface area contributed by atoms with Crippen molar-refractivity contribution in [2.75, 3.05) is 19.7 Å². The summed E-state index contributed by atoms with van der Waals surface area (Å²) in [6.07, 6.45) is 2.58. The lowest BCUT2D eigenvalue weighted by Crippen LogP contribution is -2.59. The maximum absolute atomic E-state index is 13.9. The lowest BCUT2D eigenvalue weighted by atomic mass is 9.71. The van der Waals surface area contributed by atoms with Crippen LogP contribution in [0.3, 0.4) is 0 Å². The highest BCUT2D eigenvalue weighted by molar-refractivity contribution is 9.09. The van der Waals surface area contributed by atoms with Crippen LogP contribution in [0.15, 0.2) is 12.7 Å². The Morgan fingerprint density at radius 3 is 2.62 bits per heavy atom. The van der Waals surface area contributed by atoms with Gasteiger partial charge in [-0.05, 0) is 33.6 Å². The van der Waals surface area contributed by atoms with Crippen LogP contribution in [0.4, 0.5) is 0 Å². The third-order valence-corrected chi connectivity index (χ3v) is 9.47. The maximum atomic E-state index is 13.9. The molecule has 0 radical (unpaired) electrons. The number of alkyl halides is 1. The van der Waals surface area contributed by atoms with Crippen molar-refractivity contribution in [3.63, 3.8) is 0 Å². The molecule has 0 aromatic rings. The minimum atomic E-state index is -0.985. The second-order valence-corrected chi connectivity index (χ2v) is 11.7. The lowest BCUT2D eigenvalue weighted by Gasteiger charge is -2.42. The van der Waals surface area contributed by atoms with Crippen molar-refractivity contribution in [3.05, 3.63) is 12.7 Å². The molecule has 3 heterocycles. The van der Waals surface area contributed by atoms with Gasteiger partial charge in [-0.1, -0.05) is 22.0 Å². The van der Waals surface area contributed by atoms with Gasteiger partial charge in [0.05, 0.1) is 16.6 Å². The third kappa shape index (κ3) is 3.43. The average molecular weight is 489 g/mol. The molecular weight excluding hydrogens is 460 g/mol. The van der Waals surface area contributed by atoms with E-state index in [0.717, 1.165) is 0 Å². The molecular formula is C20H29BrN2O5S. The fourth-order valence-electron chi connectivity index (χ4n) is 5.14. The minimum absolute atomic E-state index is 0.0618. The Morgan fingerprint density at radius 2 is 2.10 bits per heavy atom. The number of likely N-dealkylation sites (tertiary alicyclic amines) is 1. The number of rotatable bonds is 7. The molecule has 3 aliphatic rings. The molecule has 3 rings (SSSR count). The Hall–Kier alpha value is -1.06. The van der Waals surface area contributed by atoms with Gasteiger partial charge in [-0.3, -0.25) is 14.4 Å². The average Bonchev–Trinajstić information content (AvgIpc) is 3.20. The van der Waals surface area contributed by atoms with Gasteiger partial charge in [0.1, 0.15) is 6.04 Å². The summed E-state index contributed by atoms with van der Waals surface area (Å²) in [5.41, 5.74) is -0.479. The van der Waals surface area contributed by atoms with Crippen molar-refractivity contribution in [3.8, 4) is 0 Å². The number of amides is 2. The lowest BCUT2D eigenvalue weighted by molar-refractivity contribution is -0.148. The zero-order chi connectivity index (χ0) is 21.7. The fourth-order valence-corrected chi connectivity index (χ4v) is 8.74. The molecule has 2 amide bonds. The van der Waals surface area contributed by atoms with E-state index in [0.29, 0.717) is 19.4 Å². The number of aliphatic hydroxyl groups excluding tert-OH is 1. The second-order valence-electron chi connectivity index (χ2n) is 9.02. The van der Waals surface area contributed by atoms with Gasteiger partial charge in [0.15, 0.2) is 0 Å². The van der Waals surface area contributed by atoms with Gasteiger partial charge >= 0.3 is 5.97 Å². The van der Waals surface area contributed by atoms with Crippen LogP contribution in [0, 0.1) is 11.8 Å². The zero-order valence-electron chi connectivity index (χ0n) is 17.0. The number of aliphatic carboxylic acids is 1. The van der Waals surface area contributed by atoms with Crippen LogP contribution in [-0.2, 0) is 14.4 Å². The van der Waals surface area contributed by atoms with Crippen LogP contribution < -0.4 is 0 Å². The van der Waals surface area contributed by atoms with E-state index in [-0.39, 0.29) is 35.0 Å². The first kappa shape index (κ1) is 22.6. The Labute approximate surface area is 184 Å². The number of hydrogen-bond acceptors (Lipinski definition) is 5. The van der Waals surface area contributed by atoms with Gasteiger partial charge in [0.2, 0.25) is 11.8 Å². The SMILES string of the molecule is C=CCN(C(=O)C1N(CCCO)C(=O)[C@@H]2[C@@H](C(=O)O)[C@@H]3SC12CC3Br)C(C)(C)C. The summed E-state index contributed by atoms with van der Waals surface area (Å²) in [6.45, 7) is 10.1. The highest BCUT2D eigenvalue weighted by atomic mass is 79.9. The van der Waals surface area contributed by atoms with Crippen molar-refractivity contribution >= 4 is 45.5 Å². The Morgan fingerprint density at radius 1 is 1.45 bits per heavy atom. The van der Waals surface area contributed by atoms with Gasteiger partial charge in [0, 0.05) is 35.3 Å². The molecule has 3 fully saturated rings. The predicted molar refractivity (Wildman–Crippen MR) is 115 cm³/mol. The van der Waals surface area contributed by atoms with E-state index in [9.17, 15) is 24.6 Å². The van der Waals surface area contributed by atoms with Gasteiger partial charge in [0.25, 0.3) is 0 Å². The van der Waals surface area contributed by atoms with E-state index in [4.69, 9.17) is 0 Å². The normalized spacial score (nSPS) is 35.7. The molecule has 0 aromatic heterocycles. The van der Waals surface area contributed by atoms with Crippen LogP contribution in [0.1, 0.15) is 33.6 Å². The quantitative estimate of drug-likeness (QED) is 0.418. The molecule has 7 nitrogen and oxygen atoms in total. The van der Waals surface area contributed by atoms with E-state index in [1.807, 2.05) is 20.8 Å². The summed E-state index contributed by atoms with van der Waals surface area (Å²) in [6, 6.07) is -0.745. The Kier molecular flexibility index (Phi) is 6.15. The molecule has 2 bridgehead atoms. The summed E-state index contributed by atoms with van der Waals surface area (Å²) < 4.78 is -0.768. The molecule has 3 unspecified atom stereocenters. The fraction of sp³-hybridized carbons (Fsp3) is 0.750. The number of carbonyl (C=O) groups is 3. The number of nitrogens with zero attached hydrogens (tertiary/aromatic N) is 2. The number of halogens is 1. The van der Waals surface area contributed by atoms with E-state index >= 15 is 0 Å². The molecule has 0 aromatic carbocycles. The smallest absolute Gasteiger partial charge is 0.308 e. The summed E-state index contributed by atoms with van der Waals surface area (Å²) in [7, 11) is 0. The van der Waals surface area contributed by atoms with E-state index < -0.39 is 34.1 Å². The Balaban J connectivity index is 2.09. The summed E-state index contributed by atoms with van der Waals surface area (Å²) in [4.78, 5) is 42.5. The predicted octanol–water partition coefficient (Wildman–Crippen LogP) is 1.73. The highest BCUT2D eigenvalue weighted by Gasteiger charge is 2.76. The first-order chi connectivity index (χ1) is 13.5. The second kappa shape index (κ2) is 7.89. The summed E-state index contributed by atoms with van der Waals surface area (Å²) in [5.74, 6) is -2.97. The molecule has 3 saturated heterocycles. The summed E-state index contributed by atoms with van der Waals surface area (Å²) >= 11 is 5.11. The van der Waals surface area contributed by atoms with Gasteiger partial charge in [-0.2, -0.15) is 0 Å². The van der Waals surface area contributed by atoms with Crippen molar-refractivity contribution in [1.29, 1.82) is 0 Å². The third-order valence-electron chi connectivity index (χ3n) is 6.25. The molecule has 6 atom stereocenters. The van der Waals surface area contributed by atoms with Crippen LogP contribution in [0.25, 0.3) is 0 Å². The molecule has 2 N–H and O–H groups in total. The molecule has 0 aliphatic carbocycles. The van der Waals surface area contributed by atoms with Gasteiger partial charge in [-0.15, -0.1) is 18.3 Å². The molecule has 3 aliphatic heterocycles. The monoisotopic (exact) mass is 488 g/mol. The van der Waals surface area contributed by atoms with Crippen LogP contribution in [0.2, 0.25) is 0 Å². The van der Waals surface area contributed by atoms with Crippen LogP contribution >= 0.6 is 27.7 Å². The molecule has 1 spiro atoms. The molecule has 29 heavy (non-hydrogen) atoms. The number of hydrogen-bond donors (Lipinski definition) is 2. The van der Waals surface area contributed by atoms with Gasteiger partial charge in [-0.25, -0.2) is 0 Å². The first-order valence-corrected chi connectivity index (χ1v) is 11.7. The molecule has 162 valence electrons. The van der Waals surface area contributed by atoms with Gasteiger partial charge < -0.3 is 20.0 Å². The summed E-state index contributed by atoms with van der Waals surface area (Å²) in [5, 5.41) is 19.0. The van der Waals surface area contributed by atoms with E-state index in [1.54, 1.807) is 11.0 Å². The van der Waals surface area contributed by atoms with Crippen molar-refractivity contribution in [2.45, 2.75) is 60.0 Å². The number of thioether (sulfide) groups is 1. The number of fused-ring (bicyclic) bond motifs is 1. The Bertz CT molecular complexity index is 726. The molecule has 0 saturated carbocycles. The first-order valence-electron chi connectivity index (χ1n) is 9.89. The largest absolute Gasteiger partial charge is 0.481 e. The topological polar surface area (TPSA) is 98.2 Å². The maximum Gasteiger partial charge on any atom is 0.308 e. The van der Waals surface area contributed by atoms with E-state index in [2.05, 4.69) is 22.5 Å². The van der Waals surface area contributed by atoms with E-state index in [1.165, 1.54) is 16.7 Å². The van der Waals surface area contributed by atoms with Crippen LogP contribution in [-0.4, -0.2) is 83.9 Å². The zero-order valence-corrected chi connectivity index (χ0v) is 19.4. The number of carbonyl (C=O) groups excluding carboxylic acids is 2. The highest BCUT2D eigenvalue weighted by Crippen LogP contribution is 2.67. The number of aliphatic hydroxyl groups is 1. The van der Waals surface area contributed by atoms with Crippen molar-refractivity contribution in [1.82, 2.24) is 9.80 Å². The minimum Gasteiger partial charge on any atom is -0.481 e. The number of carboxylic acids is 1. The number of carboxylic acid groups (broad SMARTS) is 1. The van der Waals surface area contributed by atoms with Crippen molar-refractivity contribution < 1.29 is 24.6 Å². The molecule has 9 heteroatoms.